The average molecular weight is 458 g/mol. The maximum atomic E-state index is 12.3. The highest BCUT2D eigenvalue weighted by molar-refractivity contribution is 5.96. The Morgan fingerprint density at radius 2 is 1.64 bits per heavy atom. The second-order valence-corrected chi connectivity index (χ2v) is 7.14. The molecule has 1 aliphatic rings. The van der Waals surface area contributed by atoms with Crippen LogP contribution in [0.3, 0.4) is 0 Å². The van der Waals surface area contributed by atoms with Crippen LogP contribution in [-0.4, -0.2) is 58.4 Å². The summed E-state index contributed by atoms with van der Waals surface area (Å²) < 4.78 is 26.2. The maximum Gasteiger partial charge on any atom is 0.325 e. The van der Waals surface area contributed by atoms with Crippen LogP contribution in [0.2, 0.25) is 0 Å². The molecule has 0 fully saturated rings. The Morgan fingerprint density at radius 1 is 0.970 bits per heavy atom. The largest absolute Gasteiger partial charge is 0.497 e. The maximum absolute atomic E-state index is 12.3. The highest BCUT2D eigenvalue weighted by atomic mass is 16.6. The summed E-state index contributed by atoms with van der Waals surface area (Å²) in [5.41, 5.74) is 1.07. The smallest absolute Gasteiger partial charge is 0.325 e. The van der Waals surface area contributed by atoms with E-state index in [1.165, 1.54) is 26.4 Å². The summed E-state index contributed by atoms with van der Waals surface area (Å²) in [5.74, 6) is 0.412. The van der Waals surface area contributed by atoms with Crippen molar-refractivity contribution < 1.29 is 38.1 Å². The predicted molar refractivity (Wildman–Crippen MR) is 117 cm³/mol. The lowest BCUT2D eigenvalue weighted by molar-refractivity contribution is -0.147. The number of ether oxygens (including phenoxy) is 5. The molecular formula is C23H26N2O8. The van der Waals surface area contributed by atoms with Crippen LogP contribution >= 0.6 is 0 Å². The molecular weight excluding hydrogens is 432 g/mol. The van der Waals surface area contributed by atoms with E-state index in [4.69, 9.17) is 23.7 Å². The lowest BCUT2D eigenvalue weighted by atomic mass is 10.1. The number of esters is 1. The van der Waals surface area contributed by atoms with Crippen molar-refractivity contribution in [3.63, 3.8) is 0 Å². The van der Waals surface area contributed by atoms with Crippen LogP contribution in [0, 0.1) is 0 Å². The van der Waals surface area contributed by atoms with Gasteiger partial charge in [0.1, 0.15) is 31.3 Å². The molecule has 0 spiro atoms. The Hall–Kier alpha value is -3.95. The fourth-order valence-corrected chi connectivity index (χ4v) is 3.09. The zero-order valence-electron chi connectivity index (χ0n) is 18.6. The van der Waals surface area contributed by atoms with Crippen molar-refractivity contribution in [1.82, 2.24) is 10.6 Å². The third kappa shape index (κ3) is 6.52. The number of carbonyl (C=O) groups excluding carboxylic acids is 3. The van der Waals surface area contributed by atoms with Gasteiger partial charge in [-0.15, -0.1) is 0 Å². The van der Waals surface area contributed by atoms with Crippen LogP contribution in [0.25, 0.3) is 0 Å². The minimum absolute atomic E-state index is 0.255. The van der Waals surface area contributed by atoms with Gasteiger partial charge in [-0.05, 0) is 36.8 Å². The Kier molecular flexibility index (Phi) is 7.96. The number of carbonyl (C=O) groups is 3. The van der Waals surface area contributed by atoms with Crippen molar-refractivity contribution in [1.29, 1.82) is 0 Å². The molecule has 3 rings (SSSR count). The first-order chi connectivity index (χ1) is 15.9. The van der Waals surface area contributed by atoms with Gasteiger partial charge in [-0.1, -0.05) is 6.07 Å². The zero-order valence-corrected chi connectivity index (χ0v) is 18.6. The lowest BCUT2D eigenvalue weighted by Crippen LogP contribution is -2.34. The highest BCUT2D eigenvalue weighted by Gasteiger charge is 2.17. The normalized spacial score (nSPS) is 12.8. The number of amides is 2. The molecule has 1 atom stereocenters. The zero-order chi connectivity index (χ0) is 23.8. The Morgan fingerprint density at radius 3 is 2.30 bits per heavy atom. The van der Waals surface area contributed by atoms with Crippen LogP contribution in [0.5, 0.6) is 23.0 Å². The van der Waals surface area contributed by atoms with Crippen molar-refractivity contribution in [2.24, 2.45) is 0 Å². The molecule has 2 amide bonds. The van der Waals surface area contributed by atoms with Crippen LogP contribution in [0.1, 0.15) is 28.9 Å². The van der Waals surface area contributed by atoms with Crippen LogP contribution in [-0.2, 0) is 14.3 Å². The molecule has 176 valence electrons. The van der Waals surface area contributed by atoms with Gasteiger partial charge in [0.25, 0.3) is 11.8 Å². The van der Waals surface area contributed by atoms with E-state index in [2.05, 4.69) is 10.6 Å². The summed E-state index contributed by atoms with van der Waals surface area (Å²) in [6, 6.07) is 9.71. The van der Waals surface area contributed by atoms with E-state index >= 15 is 0 Å². The van der Waals surface area contributed by atoms with Gasteiger partial charge >= 0.3 is 5.97 Å². The quantitative estimate of drug-likeness (QED) is 0.544. The summed E-state index contributed by atoms with van der Waals surface area (Å²) in [7, 11) is 2.93. The minimum atomic E-state index is -0.750. The highest BCUT2D eigenvalue weighted by Crippen LogP contribution is 2.32. The third-order valence-corrected chi connectivity index (χ3v) is 4.81. The van der Waals surface area contributed by atoms with E-state index in [1.54, 1.807) is 25.1 Å². The van der Waals surface area contributed by atoms with E-state index in [0.717, 1.165) is 5.56 Å². The van der Waals surface area contributed by atoms with Crippen LogP contribution in [0.4, 0.5) is 0 Å². The van der Waals surface area contributed by atoms with Gasteiger partial charge < -0.3 is 34.3 Å². The summed E-state index contributed by atoms with van der Waals surface area (Å²) in [4.78, 5) is 36.4. The fourth-order valence-electron chi connectivity index (χ4n) is 3.09. The Labute approximate surface area is 191 Å². The van der Waals surface area contributed by atoms with Crippen molar-refractivity contribution in [2.75, 3.05) is 40.6 Å². The summed E-state index contributed by atoms with van der Waals surface area (Å²) >= 11 is 0. The van der Waals surface area contributed by atoms with Gasteiger partial charge in [0.05, 0.1) is 20.3 Å². The predicted octanol–water partition coefficient (Wildman–Crippen LogP) is 1.63. The number of hydrogen-bond acceptors (Lipinski definition) is 8. The van der Waals surface area contributed by atoms with E-state index in [9.17, 15) is 14.4 Å². The summed E-state index contributed by atoms with van der Waals surface area (Å²) in [5, 5.41) is 5.19. The van der Waals surface area contributed by atoms with Crippen molar-refractivity contribution >= 4 is 17.8 Å². The number of methoxy groups -OCH3 is 2. The van der Waals surface area contributed by atoms with E-state index in [0.29, 0.717) is 36.2 Å². The van der Waals surface area contributed by atoms with Gasteiger partial charge in [-0.3, -0.25) is 14.4 Å². The number of hydrogen-bond donors (Lipinski definition) is 2. The number of nitrogens with one attached hydrogen (secondary N) is 2. The lowest BCUT2D eigenvalue weighted by Gasteiger charge is -2.21. The van der Waals surface area contributed by atoms with E-state index in [-0.39, 0.29) is 11.6 Å². The first-order valence-corrected chi connectivity index (χ1v) is 10.3. The number of benzene rings is 2. The summed E-state index contributed by atoms with van der Waals surface area (Å²) in [6.45, 7) is 1.89. The van der Waals surface area contributed by atoms with Crippen molar-refractivity contribution in [3.8, 4) is 23.0 Å². The molecule has 0 saturated heterocycles. The third-order valence-electron chi connectivity index (χ3n) is 4.81. The second-order valence-electron chi connectivity index (χ2n) is 7.14. The fraction of sp³-hybridized carbons (Fsp3) is 0.348. The van der Waals surface area contributed by atoms with Crippen LogP contribution < -0.4 is 29.6 Å². The molecule has 2 N–H and O–H groups in total. The molecule has 33 heavy (non-hydrogen) atoms. The van der Waals surface area contributed by atoms with E-state index < -0.39 is 30.9 Å². The van der Waals surface area contributed by atoms with Crippen LogP contribution in [0.15, 0.2) is 36.4 Å². The first-order valence-electron chi connectivity index (χ1n) is 10.3. The van der Waals surface area contributed by atoms with Crippen molar-refractivity contribution in [3.05, 3.63) is 47.5 Å². The topological polar surface area (TPSA) is 121 Å². The average Bonchev–Trinajstić information content (AvgIpc) is 2.85. The minimum Gasteiger partial charge on any atom is -0.497 e. The standard InChI is InChI=1S/C23H26N2O8/c1-14(15-4-5-19-20(10-15)32-7-6-31-19)25-21(26)13-33-22(27)12-24-23(28)16-8-17(29-2)11-18(9-16)30-3/h4-5,8-11,14H,6-7,12-13H2,1-3H3,(H,24,28)(H,25,26). The molecule has 2 aromatic carbocycles. The molecule has 1 unspecified atom stereocenters. The first kappa shape index (κ1) is 23.7. The second kappa shape index (κ2) is 11.1. The number of rotatable bonds is 9. The molecule has 2 aromatic rings. The van der Waals surface area contributed by atoms with Crippen molar-refractivity contribution in [2.45, 2.75) is 13.0 Å². The van der Waals surface area contributed by atoms with Gasteiger partial charge in [0.15, 0.2) is 18.1 Å². The van der Waals surface area contributed by atoms with E-state index in [1.807, 2.05) is 6.07 Å². The van der Waals surface area contributed by atoms with Gasteiger partial charge in [0, 0.05) is 11.6 Å². The molecule has 1 heterocycles. The molecule has 0 bridgehead atoms. The monoisotopic (exact) mass is 458 g/mol. The Bertz CT molecular complexity index is 1000. The van der Waals surface area contributed by atoms with Gasteiger partial charge in [-0.2, -0.15) is 0 Å². The molecule has 0 aliphatic carbocycles. The molecule has 0 saturated carbocycles. The molecule has 0 aromatic heterocycles. The number of fused-ring (bicyclic) bond motifs is 1. The molecule has 10 nitrogen and oxygen atoms in total. The Balaban J connectivity index is 1.44. The summed E-state index contributed by atoms with van der Waals surface area (Å²) in [6.07, 6.45) is 0. The SMILES string of the molecule is COc1cc(OC)cc(C(=O)NCC(=O)OCC(=O)NC(C)c2ccc3c(c2)OCCO3)c1. The van der Waals surface area contributed by atoms with Gasteiger partial charge in [0.2, 0.25) is 0 Å². The van der Waals surface area contributed by atoms with Gasteiger partial charge in [-0.25, -0.2) is 0 Å². The molecule has 0 radical (unpaired) electrons. The molecule has 10 heteroatoms. The molecule has 1 aliphatic heterocycles.